The van der Waals surface area contributed by atoms with E-state index in [-0.39, 0.29) is 36.9 Å². The van der Waals surface area contributed by atoms with Crippen LogP contribution in [0.3, 0.4) is 0 Å². The minimum atomic E-state index is -1.05. The van der Waals surface area contributed by atoms with Crippen LogP contribution in [0.1, 0.15) is 55.4 Å². The van der Waals surface area contributed by atoms with E-state index in [1.807, 2.05) is 0 Å². The number of carboxylic acid groups (broad SMARTS) is 2. The number of esters is 2. The van der Waals surface area contributed by atoms with E-state index < -0.39 is 72.0 Å². The molecule has 2 fully saturated rings. The van der Waals surface area contributed by atoms with E-state index in [9.17, 15) is 29.4 Å². The molecule has 2 rings (SSSR count). The lowest BCUT2D eigenvalue weighted by Gasteiger charge is -2.30. The molecule has 0 radical (unpaired) electrons. The van der Waals surface area contributed by atoms with Gasteiger partial charge in [0.05, 0.1) is 36.9 Å². The van der Waals surface area contributed by atoms with E-state index >= 15 is 0 Å². The summed E-state index contributed by atoms with van der Waals surface area (Å²) >= 11 is 0. The third kappa shape index (κ3) is 6.56. The van der Waals surface area contributed by atoms with Gasteiger partial charge in [-0.15, -0.1) is 0 Å². The molecule has 4 unspecified atom stereocenters. The Bertz CT molecular complexity index is 739. The summed E-state index contributed by atoms with van der Waals surface area (Å²) in [6.07, 6.45) is -2.87. The van der Waals surface area contributed by atoms with Crippen LogP contribution < -0.4 is 0 Å². The van der Waals surface area contributed by atoms with Crippen LogP contribution in [0, 0.1) is 47.3 Å². The minimum absolute atomic E-state index is 0.0245. The zero-order valence-corrected chi connectivity index (χ0v) is 22.5. The van der Waals surface area contributed by atoms with Gasteiger partial charge in [0.25, 0.3) is 0 Å². The fraction of sp³-hybridized carbons (Fsp3) is 0.846. The largest absolute Gasteiger partial charge is 0.481 e. The second-order valence-electron chi connectivity index (χ2n) is 11.3. The Kier molecular flexibility index (Phi) is 10.3. The van der Waals surface area contributed by atoms with Crippen molar-refractivity contribution < 1.29 is 48.3 Å². The summed E-state index contributed by atoms with van der Waals surface area (Å²) in [6, 6.07) is 0. The highest BCUT2D eigenvalue weighted by molar-refractivity contribution is 5.82. The molecule has 8 atom stereocenters. The topological polar surface area (TPSA) is 146 Å². The molecular weight excluding hydrogens is 472 g/mol. The van der Waals surface area contributed by atoms with Crippen molar-refractivity contribution in [1.82, 2.24) is 0 Å². The lowest BCUT2D eigenvalue weighted by molar-refractivity contribution is -0.170. The van der Waals surface area contributed by atoms with Crippen LogP contribution in [0.5, 0.6) is 0 Å². The molecule has 0 spiro atoms. The summed E-state index contributed by atoms with van der Waals surface area (Å²) in [5.41, 5.74) is 0. The maximum Gasteiger partial charge on any atom is 0.310 e. The standard InChI is InChI=1S/C26H42O10/c1-11(2)17(23(27)28)19(13(5)6)25(31)35-15-9-33-22-16(10-34-21(15)22)36-26(32)20(14(7)8)18(12(3)4)24(29)30/h11-22H,9-10H2,1-8H3,(H,27,28)(H,29,30)/t15-,16+,17?,18?,19?,20?,21-,22-/m1/s1. The first-order valence-electron chi connectivity index (χ1n) is 12.8. The van der Waals surface area contributed by atoms with Crippen LogP contribution in [0.15, 0.2) is 0 Å². The third-order valence-electron chi connectivity index (χ3n) is 7.26. The molecule has 2 aliphatic heterocycles. The van der Waals surface area contributed by atoms with Crippen molar-refractivity contribution in [2.24, 2.45) is 47.3 Å². The van der Waals surface area contributed by atoms with Crippen molar-refractivity contribution in [2.75, 3.05) is 13.2 Å². The van der Waals surface area contributed by atoms with Crippen LogP contribution in [0.2, 0.25) is 0 Å². The highest BCUT2D eigenvalue weighted by Gasteiger charge is 2.53. The van der Waals surface area contributed by atoms with Gasteiger partial charge < -0.3 is 29.2 Å². The molecule has 2 saturated heterocycles. The number of carbonyl (C=O) groups excluding carboxylic acids is 2. The Hall–Kier alpha value is -2.20. The van der Waals surface area contributed by atoms with E-state index in [4.69, 9.17) is 18.9 Å². The molecule has 10 nitrogen and oxygen atoms in total. The van der Waals surface area contributed by atoms with Crippen LogP contribution in [-0.4, -0.2) is 71.7 Å². The third-order valence-corrected chi connectivity index (χ3v) is 7.26. The quantitative estimate of drug-likeness (QED) is 0.373. The first kappa shape index (κ1) is 30.0. The first-order chi connectivity index (χ1) is 16.7. The molecule has 2 N–H and O–H groups in total. The molecule has 36 heavy (non-hydrogen) atoms. The Balaban J connectivity index is 2.10. The predicted molar refractivity (Wildman–Crippen MR) is 128 cm³/mol. The predicted octanol–water partition coefficient (Wildman–Crippen LogP) is 2.87. The molecule has 0 aromatic heterocycles. The number of carboxylic acids is 2. The zero-order chi connectivity index (χ0) is 27.5. The van der Waals surface area contributed by atoms with Gasteiger partial charge >= 0.3 is 23.9 Å². The Morgan fingerprint density at radius 1 is 0.583 bits per heavy atom. The fourth-order valence-electron chi connectivity index (χ4n) is 5.46. The van der Waals surface area contributed by atoms with Gasteiger partial charge in [-0.25, -0.2) is 0 Å². The van der Waals surface area contributed by atoms with Gasteiger partial charge in [0.1, 0.15) is 12.2 Å². The monoisotopic (exact) mass is 514 g/mol. The fourth-order valence-corrected chi connectivity index (χ4v) is 5.46. The number of rotatable bonds is 12. The van der Waals surface area contributed by atoms with E-state index in [1.165, 1.54) is 0 Å². The van der Waals surface area contributed by atoms with Gasteiger partial charge in [-0.3, -0.25) is 19.2 Å². The smallest absolute Gasteiger partial charge is 0.310 e. The summed E-state index contributed by atoms with van der Waals surface area (Å²) in [4.78, 5) is 49.8. The summed E-state index contributed by atoms with van der Waals surface area (Å²) in [7, 11) is 0. The van der Waals surface area contributed by atoms with Gasteiger partial charge in [-0.05, 0) is 23.7 Å². The van der Waals surface area contributed by atoms with Crippen LogP contribution in [-0.2, 0) is 38.1 Å². The van der Waals surface area contributed by atoms with Crippen molar-refractivity contribution in [3.63, 3.8) is 0 Å². The summed E-state index contributed by atoms with van der Waals surface area (Å²) in [5, 5.41) is 19.4. The van der Waals surface area contributed by atoms with Gasteiger partial charge in [-0.1, -0.05) is 55.4 Å². The van der Waals surface area contributed by atoms with Crippen LogP contribution in [0.4, 0.5) is 0 Å². The zero-order valence-electron chi connectivity index (χ0n) is 22.5. The molecule has 0 saturated carbocycles. The molecule has 10 heteroatoms. The maximum atomic E-state index is 13.1. The van der Waals surface area contributed by atoms with Gasteiger partial charge in [0.15, 0.2) is 12.2 Å². The number of ether oxygens (including phenoxy) is 4. The highest BCUT2D eigenvalue weighted by Crippen LogP contribution is 2.36. The highest BCUT2D eigenvalue weighted by atomic mass is 16.7. The molecule has 2 heterocycles. The maximum absolute atomic E-state index is 13.1. The van der Waals surface area contributed by atoms with Crippen molar-refractivity contribution in [2.45, 2.75) is 79.8 Å². The number of aliphatic carboxylic acids is 2. The Morgan fingerprint density at radius 2 is 0.861 bits per heavy atom. The Labute approximate surface area is 213 Å². The van der Waals surface area contributed by atoms with Crippen molar-refractivity contribution >= 4 is 23.9 Å². The number of carbonyl (C=O) groups is 4. The first-order valence-corrected chi connectivity index (χ1v) is 12.8. The average Bonchev–Trinajstić information content (AvgIpc) is 3.31. The molecule has 0 aromatic carbocycles. The van der Waals surface area contributed by atoms with E-state index in [0.29, 0.717) is 0 Å². The van der Waals surface area contributed by atoms with E-state index in [2.05, 4.69) is 0 Å². The number of hydrogen-bond acceptors (Lipinski definition) is 8. The minimum Gasteiger partial charge on any atom is -0.481 e. The van der Waals surface area contributed by atoms with Gasteiger partial charge in [0, 0.05) is 0 Å². The van der Waals surface area contributed by atoms with E-state index in [0.717, 1.165) is 0 Å². The molecule has 206 valence electrons. The summed E-state index contributed by atoms with van der Waals surface area (Å²) in [6.45, 7) is 14.2. The number of hydrogen-bond donors (Lipinski definition) is 2. The van der Waals surface area contributed by atoms with E-state index in [1.54, 1.807) is 55.4 Å². The van der Waals surface area contributed by atoms with Crippen LogP contribution >= 0.6 is 0 Å². The van der Waals surface area contributed by atoms with Crippen molar-refractivity contribution in [3.8, 4) is 0 Å². The molecule has 0 aliphatic carbocycles. The normalized spacial score (nSPS) is 27.1. The molecule has 0 bridgehead atoms. The SMILES string of the molecule is CC(C)C(C(=O)O)C(C(=O)O[C@H]1CO[C@H]2[C@@H]1OC[C@H]2OC(=O)C(C(C)C)C(C(=O)O)C(C)C)C(C)C. The number of fused-ring (bicyclic) bond motifs is 1. The van der Waals surface area contributed by atoms with Gasteiger partial charge in [-0.2, -0.15) is 0 Å². The lowest BCUT2D eigenvalue weighted by atomic mass is 9.77. The molecular formula is C26H42O10. The van der Waals surface area contributed by atoms with Gasteiger partial charge in [0.2, 0.25) is 0 Å². The summed E-state index contributed by atoms with van der Waals surface area (Å²) < 4.78 is 23.0. The van der Waals surface area contributed by atoms with Crippen molar-refractivity contribution in [1.29, 1.82) is 0 Å². The average molecular weight is 515 g/mol. The van der Waals surface area contributed by atoms with Crippen molar-refractivity contribution in [3.05, 3.63) is 0 Å². The Morgan fingerprint density at radius 3 is 1.08 bits per heavy atom. The molecule has 2 aliphatic rings. The lowest BCUT2D eigenvalue weighted by Crippen LogP contribution is -2.43. The summed E-state index contributed by atoms with van der Waals surface area (Å²) in [5.74, 6) is -7.86. The second-order valence-corrected chi connectivity index (χ2v) is 11.3. The molecule has 0 aromatic rings. The van der Waals surface area contributed by atoms with Crippen LogP contribution in [0.25, 0.3) is 0 Å². The second kappa shape index (κ2) is 12.4. The molecule has 0 amide bonds.